The van der Waals surface area contributed by atoms with Crippen LogP contribution in [0.5, 0.6) is 0 Å². The summed E-state index contributed by atoms with van der Waals surface area (Å²) in [5, 5.41) is 11.4. The third-order valence-electron chi connectivity index (χ3n) is 20.8. The van der Waals surface area contributed by atoms with Crippen LogP contribution in [0.4, 0.5) is 58.4 Å². The summed E-state index contributed by atoms with van der Waals surface area (Å²) in [5.74, 6) is -1.21. The van der Waals surface area contributed by atoms with Gasteiger partial charge in [0.05, 0.1) is 46.4 Å². The largest absolute Gasteiger partial charge is 0.381 e. The van der Waals surface area contributed by atoms with Gasteiger partial charge in [-0.25, -0.2) is 54.3 Å². The summed E-state index contributed by atoms with van der Waals surface area (Å²) in [5.41, 5.74) is -0.400. The molecule has 8 aliphatic heterocycles. The highest BCUT2D eigenvalue weighted by Gasteiger charge is 2.40. The van der Waals surface area contributed by atoms with Gasteiger partial charge in [0.15, 0.2) is 0 Å². The summed E-state index contributed by atoms with van der Waals surface area (Å²) in [4.78, 5) is 112. The van der Waals surface area contributed by atoms with Crippen LogP contribution in [-0.2, 0) is 44.6 Å². The van der Waals surface area contributed by atoms with Gasteiger partial charge in [-0.1, -0.05) is 59.7 Å². The highest BCUT2D eigenvalue weighted by Crippen LogP contribution is 2.38. The third-order valence-corrected chi connectivity index (χ3v) is 20.8. The molecule has 4 aromatic carbocycles. The molecule has 16 rings (SSSR count). The fraction of sp³-hybridized carbons (Fsp3) is 0.459. The van der Waals surface area contributed by atoms with Crippen molar-refractivity contribution in [2.24, 2.45) is 0 Å². The van der Waals surface area contributed by atoms with E-state index in [2.05, 4.69) is 41.2 Å². The first-order chi connectivity index (χ1) is 51.0. The van der Waals surface area contributed by atoms with E-state index >= 15 is 0 Å². The van der Waals surface area contributed by atoms with Crippen molar-refractivity contribution >= 4 is 23.3 Å². The quantitative estimate of drug-likeness (QED) is 0.0659. The Morgan fingerprint density at radius 3 is 0.858 bits per heavy atom. The first kappa shape index (κ1) is 74.4. The summed E-state index contributed by atoms with van der Waals surface area (Å²) in [6, 6.07) is 15.6. The molecular formula is C74H80F8N12O12. The van der Waals surface area contributed by atoms with Crippen LogP contribution >= 0.6 is 0 Å². The second kappa shape index (κ2) is 32.0. The SMILES string of the molecule is Cc1ccc(F)c([C@@H]2Nc3[nH]c(=O)n(C4CCOCC4)c(=O)c3C[C@@H]2F)c1.Cc1ccc(F)c([C@@H]2Nc3[nH]c(=O)n(C4CCOCC4)c(=O)c3C[C@H]2F)c1.O=c1[nH]c2c(c(=O)n1C1CCOCC1)C[C@@H](F)[C@H](c1cccc(F)c1)N2.O=c1[nH]c2c(c(=O)n1C1CCOCC1)C[C@H](F)[C@H](c1cccc(F)c1)N2. The number of fused-ring (bicyclic) bond motifs is 4. The molecule has 564 valence electrons. The van der Waals surface area contributed by atoms with E-state index in [1.54, 1.807) is 50.2 Å². The van der Waals surface area contributed by atoms with Crippen molar-refractivity contribution < 1.29 is 54.1 Å². The van der Waals surface area contributed by atoms with E-state index in [1.807, 2.05) is 0 Å². The molecule has 8 aliphatic rings. The molecule has 0 unspecified atom stereocenters. The van der Waals surface area contributed by atoms with Gasteiger partial charge in [0.1, 0.15) is 71.2 Å². The minimum absolute atomic E-state index is 0.137. The zero-order chi connectivity index (χ0) is 74.8. The standard InChI is InChI=1S/2C19H21F2N3O3.2C18H19F2N3O3/c2*1-10-2-3-14(20)12(8-10)16-15(21)9-13-17(22-16)23-19(26)24(18(13)25)11-4-6-27-7-5-11;2*19-11-3-1-2-10(8-11)15-14(20)9-13-16(21-15)22-18(25)23(17(13)24)12-4-6-26-7-5-12/h2*2-3,8,11,15-16,22H,4-7,9H2,1H3,(H,23,26);2*1-3,8,12,14-15,21H,4-7,9H2,(H,22,25)/t15-,16+;15-,16-;14-,15+;14-,15-/m1010/s1. The number of nitrogens with one attached hydrogen (secondary N) is 8. The number of hydrogen-bond acceptors (Lipinski definition) is 16. The number of H-pyrrole nitrogens is 4. The molecule has 0 bridgehead atoms. The summed E-state index contributed by atoms with van der Waals surface area (Å²) < 4.78 is 140. The molecule has 8 atom stereocenters. The Balaban J connectivity index is 0.000000125. The normalized spacial score (nSPS) is 23.1. The van der Waals surface area contributed by atoms with E-state index in [4.69, 9.17) is 18.9 Å². The van der Waals surface area contributed by atoms with Gasteiger partial charge in [0.25, 0.3) is 22.2 Å². The van der Waals surface area contributed by atoms with Crippen molar-refractivity contribution in [3.05, 3.63) is 247 Å². The number of hydrogen-bond donors (Lipinski definition) is 8. The predicted octanol–water partition coefficient (Wildman–Crippen LogP) is 8.92. The molecule has 8 aromatic rings. The summed E-state index contributed by atoms with van der Waals surface area (Å²) in [6.07, 6.45) is -1.92. The molecule has 4 saturated heterocycles. The number of alkyl halides is 4. The van der Waals surface area contributed by atoms with E-state index in [9.17, 15) is 73.5 Å². The topological polar surface area (TPSA) is 304 Å². The van der Waals surface area contributed by atoms with Gasteiger partial charge < -0.3 is 40.2 Å². The molecule has 8 N–H and O–H groups in total. The summed E-state index contributed by atoms with van der Waals surface area (Å²) in [7, 11) is 0. The molecule has 0 saturated carbocycles. The van der Waals surface area contributed by atoms with Crippen LogP contribution in [0.15, 0.2) is 123 Å². The number of aryl methyl sites for hydroxylation is 2. The lowest BCUT2D eigenvalue weighted by Crippen LogP contribution is -2.45. The average molecular weight is 1480 g/mol. The molecule has 4 aromatic heterocycles. The number of rotatable bonds is 8. The second-order valence-corrected chi connectivity index (χ2v) is 27.7. The number of benzene rings is 4. The zero-order valence-electron chi connectivity index (χ0n) is 57.9. The number of aromatic amines is 4. The smallest absolute Gasteiger partial charge is 0.330 e. The highest BCUT2D eigenvalue weighted by atomic mass is 19.2. The Morgan fingerprint density at radius 2 is 0.594 bits per heavy atom. The molecule has 0 spiro atoms. The summed E-state index contributed by atoms with van der Waals surface area (Å²) in [6.45, 7) is 7.44. The monoisotopic (exact) mass is 1480 g/mol. The molecule has 24 nitrogen and oxygen atoms in total. The van der Waals surface area contributed by atoms with E-state index in [1.165, 1.54) is 66.8 Å². The van der Waals surface area contributed by atoms with Gasteiger partial charge >= 0.3 is 22.8 Å². The Morgan fingerprint density at radius 1 is 0.340 bits per heavy atom. The number of halogens is 8. The molecular weight excluding hydrogens is 1400 g/mol. The fourth-order valence-corrected chi connectivity index (χ4v) is 15.3. The predicted molar refractivity (Wildman–Crippen MR) is 377 cm³/mol. The molecule has 12 heterocycles. The number of anilines is 4. The second-order valence-electron chi connectivity index (χ2n) is 27.7. The Hall–Kier alpha value is -9.92. The van der Waals surface area contributed by atoms with Crippen LogP contribution < -0.4 is 66.3 Å². The van der Waals surface area contributed by atoms with Crippen molar-refractivity contribution in [1.82, 2.24) is 38.2 Å². The zero-order valence-corrected chi connectivity index (χ0v) is 57.9. The Bertz CT molecular complexity index is 4760. The van der Waals surface area contributed by atoms with E-state index in [-0.39, 0.29) is 107 Å². The van der Waals surface area contributed by atoms with Gasteiger partial charge in [-0.2, -0.15) is 0 Å². The average Bonchev–Trinajstić information content (AvgIpc) is 0.780. The van der Waals surface area contributed by atoms with E-state index in [0.29, 0.717) is 115 Å². The van der Waals surface area contributed by atoms with Gasteiger partial charge in [-0.05, 0) is 113 Å². The molecule has 106 heavy (non-hydrogen) atoms. The van der Waals surface area contributed by atoms with Crippen molar-refractivity contribution in [2.75, 3.05) is 74.1 Å². The summed E-state index contributed by atoms with van der Waals surface area (Å²) >= 11 is 0. The number of aromatic nitrogens is 8. The highest BCUT2D eigenvalue weighted by molar-refractivity contribution is 5.53. The first-order valence-electron chi connectivity index (χ1n) is 35.5. The van der Waals surface area contributed by atoms with Gasteiger partial charge in [-0.3, -0.25) is 57.4 Å². The van der Waals surface area contributed by atoms with E-state index in [0.717, 1.165) is 11.1 Å². The molecule has 32 heteroatoms. The lowest BCUT2D eigenvalue weighted by molar-refractivity contribution is 0.0671. The lowest BCUT2D eigenvalue weighted by atomic mass is 9.92. The van der Waals surface area contributed by atoms with E-state index < -0.39 is 117 Å². The maximum atomic E-state index is 14.9. The molecule has 0 radical (unpaired) electrons. The maximum Gasteiger partial charge on any atom is 0.330 e. The van der Waals surface area contributed by atoms with Crippen molar-refractivity contribution in [1.29, 1.82) is 0 Å². The molecule has 0 amide bonds. The van der Waals surface area contributed by atoms with Crippen LogP contribution in [0.1, 0.15) is 155 Å². The van der Waals surface area contributed by atoms with Gasteiger partial charge in [0.2, 0.25) is 0 Å². The molecule has 0 aliphatic carbocycles. The van der Waals surface area contributed by atoms with Crippen LogP contribution in [0.2, 0.25) is 0 Å². The fourth-order valence-electron chi connectivity index (χ4n) is 15.3. The number of ether oxygens (including phenoxy) is 4. The Labute approximate surface area is 598 Å². The lowest BCUT2D eigenvalue weighted by Gasteiger charge is -2.31. The van der Waals surface area contributed by atoms with Crippen molar-refractivity contribution in [3.8, 4) is 0 Å². The molecule has 4 fully saturated rings. The number of nitrogens with zero attached hydrogens (tertiary/aromatic N) is 4. The third kappa shape index (κ3) is 15.7. The minimum Gasteiger partial charge on any atom is -0.381 e. The van der Waals surface area contributed by atoms with Crippen molar-refractivity contribution in [2.45, 2.75) is 164 Å². The van der Waals surface area contributed by atoms with Gasteiger partial charge in [-0.15, -0.1) is 0 Å². The van der Waals surface area contributed by atoms with Crippen LogP contribution in [0.3, 0.4) is 0 Å². The maximum absolute atomic E-state index is 14.9. The van der Waals surface area contributed by atoms with Crippen molar-refractivity contribution in [3.63, 3.8) is 0 Å². The minimum atomic E-state index is -1.49. The Kier molecular flexibility index (Phi) is 22.5. The van der Waals surface area contributed by atoms with Crippen LogP contribution in [-0.4, -0.2) is 116 Å². The van der Waals surface area contributed by atoms with Gasteiger partial charge in [0, 0.05) is 114 Å². The van der Waals surface area contributed by atoms with Crippen LogP contribution in [0.25, 0.3) is 0 Å². The van der Waals surface area contributed by atoms with Crippen LogP contribution in [0, 0.1) is 37.1 Å². The first-order valence-corrected chi connectivity index (χ1v) is 35.5.